The number of nitrogens with zero attached hydrogens (tertiary/aromatic N) is 2. The van der Waals surface area contributed by atoms with E-state index in [0.29, 0.717) is 28.6 Å². The molecule has 6 nitrogen and oxygen atoms in total. The number of imidazole rings is 1. The van der Waals surface area contributed by atoms with Crippen molar-refractivity contribution in [3.05, 3.63) is 101 Å². The van der Waals surface area contributed by atoms with E-state index in [4.69, 9.17) is 21.1 Å². The van der Waals surface area contributed by atoms with Crippen LogP contribution in [0.2, 0.25) is 5.02 Å². The number of halogens is 3. The van der Waals surface area contributed by atoms with E-state index in [-0.39, 0.29) is 10.8 Å². The molecule has 0 aliphatic heterocycles. The van der Waals surface area contributed by atoms with Crippen LogP contribution >= 0.6 is 11.6 Å². The number of benzene rings is 3. The Hall–Kier alpha value is -3.91. The molecule has 0 saturated carbocycles. The van der Waals surface area contributed by atoms with E-state index in [1.165, 1.54) is 24.3 Å². The Balaban J connectivity index is 1.83. The topological polar surface area (TPSA) is 65.4 Å². The highest BCUT2D eigenvalue weighted by molar-refractivity contribution is 6.31. The van der Waals surface area contributed by atoms with Crippen LogP contribution in [0.1, 0.15) is 35.7 Å². The van der Waals surface area contributed by atoms with Gasteiger partial charge in [-0.25, -0.2) is 13.8 Å². The summed E-state index contributed by atoms with van der Waals surface area (Å²) in [5, 5.41) is 2.58. The molecule has 0 fully saturated rings. The van der Waals surface area contributed by atoms with Crippen molar-refractivity contribution in [2.24, 2.45) is 0 Å². The van der Waals surface area contributed by atoms with Gasteiger partial charge in [0.2, 0.25) is 5.82 Å². The number of rotatable bonds is 7. The number of anilines is 1. The van der Waals surface area contributed by atoms with Crippen molar-refractivity contribution in [3.63, 3.8) is 0 Å². The van der Waals surface area contributed by atoms with Crippen LogP contribution in [0.25, 0.3) is 5.69 Å². The lowest BCUT2D eigenvalue weighted by atomic mass is 9.81. The zero-order chi connectivity index (χ0) is 26.0. The van der Waals surface area contributed by atoms with E-state index in [0.717, 1.165) is 11.6 Å². The van der Waals surface area contributed by atoms with Crippen LogP contribution < -0.4 is 14.8 Å². The van der Waals surface area contributed by atoms with Gasteiger partial charge >= 0.3 is 0 Å². The summed E-state index contributed by atoms with van der Waals surface area (Å²) in [6.07, 6.45) is 1.60. The van der Waals surface area contributed by atoms with Gasteiger partial charge in [0.15, 0.2) is 11.5 Å². The van der Waals surface area contributed by atoms with Crippen molar-refractivity contribution in [1.82, 2.24) is 9.55 Å². The molecule has 9 heteroatoms. The second kappa shape index (κ2) is 9.99. The van der Waals surface area contributed by atoms with Crippen LogP contribution in [0, 0.1) is 11.6 Å². The van der Waals surface area contributed by atoms with Crippen molar-refractivity contribution in [1.29, 1.82) is 0 Å². The molecule has 1 amide bonds. The molecule has 0 aliphatic rings. The first kappa shape index (κ1) is 25.2. The summed E-state index contributed by atoms with van der Waals surface area (Å²) in [6.45, 7) is 3.96. The maximum Gasteiger partial charge on any atom is 0.292 e. The molecule has 36 heavy (non-hydrogen) atoms. The summed E-state index contributed by atoms with van der Waals surface area (Å²) < 4.78 is 39.8. The first-order valence-corrected chi connectivity index (χ1v) is 11.4. The van der Waals surface area contributed by atoms with Gasteiger partial charge < -0.3 is 14.8 Å². The van der Waals surface area contributed by atoms with Crippen molar-refractivity contribution in [2.75, 3.05) is 19.5 Å². The van der Waals surface area contributed by atoms with Gasteiger partial charge in [0, 0.05) is 16.8 Å². The van der Waals surface area contributed by atoms with Gasteiger partial charge in [-0.2, -0.15) is 0 Å². The van der Waals surface area contributed by atoms with Gasteiger partial charge in [-0.3, -0.25) is 9.36 Å². The van der Waals surface area contributed by atoms with Crippen LogP contribution in [-0.4, -0.2) is 29.7 Å². The lowest BCUT2D eigenvalue weighted by Gasteiger charge is -2.28. The number of carbonyl (C=O) groups is 1. The second-order valence-corrected chi connectivity index (χ2v) is 8.96. The number of hydrogen-bond donors (Lipinski definition) is 1. The lowest BCUT2D eigenvalue weighted by Crippen LogP contribution is -2.25. The predicted molar refractivity (Wildman–Crippen MR) is 135 cm³/mol. The van der Waals surface area contributed by atoms with Crippen LogP contribution in [0.3, 0.4) is 0 Å². The third kappa shape index (κ3) is 4.77. The Morgan fingerprint density at radius 1 is 0.972 bits per heavy atom. The Bertz CT molecular complexity index is 1420. The van der Waals surface area contributed by atoms with Crippen molar-refractivity contribution < 1.29 is 23.0 Å². The monoisotopic (exact) mass is 511 g/mol. The molecule has 0 radical (unpaired) electrons. The quantitative estimate of drug-likeness (QED) is 0.312. The molecule has 0 atom stereocenters. The van der Waals surface area contributed by atoms with Gasteiger partial charge in [0.05, 0.1) is 31.1 Å². The molecule has 0 aliphatic carbocycles. The van der Waals surface area contributed by atoms with E-state index >= 15 is 0 Å². The highest BCUT2D eigenvalue weighted by Gasteiger charge is 2.32. The Kier molecular flexibility index (Phi) is 6.99. The number of aromatic nitrogens is 2. The Morgan fingerprint density at radius 3 is 2.31 bits per heavy atom. The number of methoxy groups -OCH3 is 2. The highest BCUT2D eigenvalue weighted by Crippen LogP contribution is 2.38. The fourth-order valence-electron chi connectivity index (χ4n) is 3.94. The fourth-order valence-corrected chi connectivity index (χ4v) is 4.12. The minimum atomic E-state index is -0.668. The van der Waals surface area contributed by atoms with Crippen molar-refractivity contribution >= 4 is 23.2 Å². The molecular formula is C27H24ClF2N3O3. The van der Waals surface area contributed by atoms with E-state index < -0.39 is 23.0 Å². The molecule has 0 bridgehead atoms. The summed E-state index contributed by atoms with van der Waals surface area (Å²) >= 11 is 5.86. The molecule has 4 rings (SSSR count). The molecule has 4 aromatic rings. The predicted octanol–water partition coefficient (Wildman–Crippen LogP) is 6.40. The molecule has 1 N–H and O–H groups in total. The lowest BCUT2D eigenvalue weighted by molar-refractivity contribution is 0.101. The van der Waals surface area contributed by atoms with Gasteiger partial charge in [0.25, 0.3) is 5.91 Å². The summed E-state index contributed by atoms with van der Waals surface area (Å²) in [7, 11) is 3.12. The van der Waals surface area contributed by atoms with E-state index in [9.17, 15) is 13.6 Å². The average Bonchev–Trinajstić information content (AvgIpc) is 3.32. The summed E-state index contributed by atoms with van der Waals surface area (Å²) in [5.74, 6) is -0.348. The molecule has 186 valence electrons. The Labute approximate surface area is 212 Å². The number of nitrogens with one attached hydrogen (secondary N) is 1. The van der Waals surface area contributed by atoms with Crippen LogP contribution in [-0.2, 0) is 5.41 Å². The van der Waals surface area contributed by atoms with E-state index in [1.54, 1.807) is 43.2 Å². The smallest absolute Gasteiger partial charge is 0.292 e. The van der Waals surface area contributed by atoms with Gasteiger partial charge in [-0.15, -0.1) is 0 Å². The van der Waals surface area contributed by atoms with Crippen molar-refractivity contribution in [3.8, 4) is 17.2 Å². The summed E-state index contributed by atoms with van der Waals surface area (Å²) in [4.78, 5) is 17.7. The summed E-state index contributed by atoms with van der Waals surface area (Å²) in [5.41, 5.74) is 1.73. The van der Waals surface area contributed by atoms with Crippen LogP contribution in [0.5, 0.6) is 11.5 Å². The zero-order valence-corrected chi connectivity index (χ0v) is 20.9. The van der Waals surface area contributed by atoms with Crippen LogP contribution in [0.4, 0.5) is 14.5 Å². The van der Waals surface area contributed by atoms with Gasteiger partial charge in [0.1, 0.15) is 11.6 Å². The largest absolute Gasteiger partial charge is 0.493 e. The first-order chi connectivity index (χ1) is 17.1. The van der Waals surface area contributed by atoms with E-state index in [1.807, 2.05) is 26.0 Å². The number of carbonyl (C=O) groups excluding carboxylic acids is 1. The third-order valence-electron chi connectivity index (χ3n) is 5.97. The molecule has 0 spiro atoms. The highest BCUT2D eigenvalue weighted by atomic mass is 35.5. The number of amides is 1. The first-order valence-electron chi connectivity index (χ1n) is 11.0. The molecule has 3 aromatic carbocycles. The molecular weight excluding hydrogens is 488 g/mol. The molecule has 1 heterocycles. The fraction of sp³-hybridized carbons (Fsp3) is 0.185. The van der Waals surface area contributed by atoms with Gasteiger partial charge in [-0.1, -0.05) is 31.5 Å². The zero-order valence-electron chi connectivity index (χ0n) is 20.1. The maximum absolute atomic E-state index is 13.7. The van der Waals surface area contributed by atoms with E-state index in [2.05, 4.69) is 10.3 Å². The molecule has 1 aromatic heterocycles. The normalized spacial score (nSPS) is 11.3. The Morgan fingerprint density at radius 2 is 1.67 bits per heavy atom. The SMILES string of the molecule is COc1ccc(C(C)(C)c2cnc(C(=O)Nc3ccc(F)c(Cl)c3)n2-c2ccc(F)cc2)cc1OC. The number of hydrogen-bond acceptors (Lipinski definition) is 4. The third-order valence-corrected chi connectivity index (χ3v) is 6.26. The minimum Gasteiger partial charge on any atom is -0.493 e. The standard InChI is InChI=1S/C27H24ClF2N3O3/c1-27(2,16-5-12-22(35-3)23(13-16)36-4)24-15-31-25(33(24)19-9-6-17(29)7-10-19)26(34)32-18-8-11-21(30)20(28)14-18/h5-15H,1-4H3,(H,32,34). The molecule has 0 saturated heterocycles. The summed E-state index contributed by atoms with van der Waals surface area (Å²) in [6, 6.07) is 15.2. The van der Waals surface area contributed by atoms with Crippen molar-refractivity contribution in [2.45, 2.75) is 19.3 Å². The minimum absolute atomic E-state index is 0.0607. The maximum atomic E-state index is 13.7. The van der Waals surface area contributed by atoms with Crippen LogP contribution in [0.15, 0.2) is 66.9 Å². The number of ether oxygens (including phenoxy) is 2. The second-order valence-electron chi connectivity index (χ2n) is 8.56. The average molecular weight is 512 g/mol. The van der Waals surface area contributed by atoms with Gasteiger partial charge in [-0.05, 0) is 60.2 Å². The molecule has 0 unspecified atom stereocenters.